The largest absolute Gasteiger partial charge is 0.0836 e. The van der Waals surface area contributed by atoms with Gasteiger partial charge in [0.05, 0.1) is 0 Å². The molecule has 0 aromatic heterocycles. The van der Waals surface area contributed by atoms with E-state index in [1.54, 1.807) is 5.57 Å². The van der Waals surface area contributed by atoms with Crippen LogP contribution in [0.2, 0.25) is 0 Å². The Kier molecular flexibility index (Phi) is 7.05. The van der Waals surface area contributed by atoms with Crippen LogP contribution in [0.1, 0.15) is 114 Å². The summed E-state index contributed by atoms with van der Waals surface area (Å²) in [6.07, 6.45) is 15.3. The summed E-state index contributed by atoms with van der Waals surface area (Å²) in [5.41, 5.74) is 15.7. The Morgan fingerprint density at radius 3 is 1.98 bits per heavy atom. The summed E-state index contributed by atoms with van der Waals surface area (Å²) in [7, 11) is 0. The Morgan fingerprint density at radius 1 is 0.627 bits per heavy atom. The highest BCUT2D eigenvalue weighted by Gasteiger charge is 2.37. The second-order valence-corrected chi connectivity index (χ2v) is 18.1. The minimum absolute atomic E-state index is 0.0638. The van der Waals surface area contributed by atoms with Gasteiger partial charge in [0, 0.05) is 11.3 Å². The van der Waals surface area contributed by atoms with Gasteiger partial charge in [0.25, 0.3) is 0 Å². The van der Waals surface area contributed by atoms with Crippen molar-refractivity contribution in [1.29, 1.82) is 0 Å². The van der Waals surface area contributed by atoms with Gasteiger partial charge in [-0.15, -0.1) is 0 Å². The lowest BCUT2D eigenvalue weighted by molar-refractivity contribution is 0.591. The van der Waals surface area contributed by atoms with Gasteiger partial charge < -0.3 is 0 Å². The first kappa shape index (κ1) is 32.2. The third-order valence-corrected chi connectivity index (χ3v) is 12.4. The summed E-state index contributed by atoms with van der Waals surface area (Å²) in [5, 5.41) is 8.17. The Hall–Kier alpha value is -4.68. The molecule has 0 aliphatic heterocycles. The van der Waals surface area contributed by atoms with Crippen LogP contribution in [0.25, 0.3) is 54.6 Å². The van der Waals surface area contributed by atoms with Crippen LogP contribution in [0.5, 0.6) is 0 Å². The van der Waals surface area contributed by atoms with E-state index >= 15 is 0 Å². The molecule has 0 saturated carbocycles. The van der Waals surface area contributed by atoms with Crippen molar-refractivity contribution < 1.29 is 0 Å². The molecule has 0 heteroatoms. The van der Waals surface area contributed by atoms with Crippen molar-refractivity contribution in [3.05, 3.63) is 154 Å². The lowest BCUT2D eigenvalue weighted by Gasteiger charge is -2.26. The quantitative estimate of drug-likeness (QED) is 0.165. The SMILES string of the molecule is CC(C)(C)c1cc2ccc3cc(C(C)(C)C)cc4c(-c5ccc(C6C=CC(c7ccc8c(c7)C(C)(C)C7=C8C=CCC7)=CC6)cc5)cc(c1)c2c34. The van der Waals surface area contributed by atoms with Gasteiger partial charge in [0.2, 0.25) is 0 Å². The van der Waals surface area contributed by atoms with E-state index in [0.29, 0.717) is 5.92 Å². The van der Waals surface area contributed by atoms with Gasteiger partial charge in [-0.1, -0.05) is 158 Å². The summed E-state index contributed by atoms with van der Waals surface area (Å²) in [6.45, 7) is 18.8. The second kappa shape index (κ2) is 11.2. The molecule has 0 N–H and O–H groups in total. The Morgan fingerprint density at radius 2 is 1.29 bits per heavy atom. The van der Waals surface area contributed by atoms with Crippen molar-refractivity contribution in [3.63, 3.8) is 0 Å². The molecule has 51 heavy (non-hydrogen) atoms. The Labute approximate surface area is 304 Å². The molecule has 0 saturated heterocycles. The van der Waals surface area contributed by atoms with Crippen LogP contribution >= 0.6 is 0 Å². The first-order chi connectivity index (χ1) is 24.3. The molecule has 3 aliphatic rings. The average Bonchev–Trinajstić information content (AvgIpc) is 3.35. The molecular formula is C51H50. The zero-order chi connectivity index (χ0) is 35.4. The third-order valence-electron chi connectivity index (χ3n) is 12.4. The van der Waals surface area contributed by atoms with Crippen molar-refractivity contribution in [2.75, 3.05) is 0 Å². The maximum Gasteiger partial charge on any atom is 0.0121 e. The fourth-order valence-corrected chi connectivity index (χ4v) is 9.22. The highest BCUT2D eigenvalue weighted by molar-refractivity contribution is 6.26. The van der Waals surface area contributed by atoms with Crippen molar-refractivity contribution in [2.24, 2.45) is 0 Å². The number of hydrogen-bond donors (Lipinski definition) is 0. The molecule has 254 valence electrons. The van der Waals surface area contributed by atoms with Gasteiger partial charge in [0.1, 0.15) is 0 Å². The van der Waals surface area contributed by atoms with Crippen LogP contribution in [0.15, 0.2) is 121 Å². The van der Waals surface area contributed by atoms with Crippen molar-refractivity contribution in [1.82, 2.24) is 0 Å². The fraction of sp³-hybridized carbons (Fsp3) is 0.294. The van der Waals surface area contributed by atoms with E-state index in [2.05, 4.69) is 171 Å². The normalized spacial score (nSPS) is 18.6. The summed E-state index contributed by atoms with van der Waals surface area (Å²) in [6, 6.07) is 33.6. The molecule has 9 rings (SSSR count). The van der Waals surface area contributed by atoms with Crippen LogP contribution in [0.4, 0.5) is 0 Å². The second-order valence-electron chi connectivity index (χ2n) is 18.1. The maximum absolute atomic E-state index is 2.47. The number of allylic oxidation sites excluding steroid dienone is 8. The molecular weight excluding hydrogens is 613 g/mol. The molecule has 0 nitrogen and oxygen atoms in total. The minimum Gasteiger partial charge on any atom is -0.0836 e. The van der Waals surface area contributed by atoms with Crippen molar-refractivity contribution in [2.45, 2.75) is 96.8 Å². The highest BCUT2D eigenvalue weighted by Crippen LogP contribution is 2.51. The van der Waals surface area contributed by atoms with Crippen LogP contribution in [-0.4, -0.2) is 0 Å². The van der Waals surface area contributed by atoms with Gasteiger partial charge in [0.15, 0.2) is 0 Å². The van der Waals surface area contributed by atoms with Crippen LogP contribution < -0.4 is 0 Å². The van der Waals surface area contributed by atoms with Gasteiger partial charge in [-0.25, -0.2) is 0 Å². The number of hydrogen-bond acceptors (Lipinski definition) is 0. The standard InChI is InChI=1S/C51H50/c1-49(2,3)39-25-36-21-22-37-26-40(50(4,5)6)30-44-43(28-38(27-39)47(36)48(37)44)34-19-17-32(18-20-34)31-13-15-33(16-14-31)35-23-24-42-41-11-9-10-12-45(41)51(7,8)46(42)29-35/h9,11,13,15-31H,10,12,14H2,1-8H3. The van der Waals surface area contributed by atoms with E-state index in [0.717, 1.165) is 12.8 Å². The number of fused-ring (bicyclic) bond motifs is 2. The molecule has 0 amide bonds. The zero-order valence-electron chi connectivity index (χ0n) is 31.7. The van der Waals surface area contributed by atoms with Crippen molar-refractivity contribution in [3.8, 4) is 11.1 Å². The molecule has 6 aromatic carbocycles. The lowest BCUT2D eigenvalue weighted by atomic mass is 9.78. The van der Waals surface area contributed by atoms with E-state index in [1.807, 2.05) is 0 Å². The van der Waals surface area contributed by atoms with E-state index in [1.165, 1.54) is 94.4 Å². The molecule has 0 heterocycles. The zero-order valence-corrected chi connectivity index (χ0v) is 31.7. The smallest absolute Gasteiger partial charge is 0.0121 e. The van der Waals surface area contributed by atoms with Crippen molar-refractivity contribution >= 4 is 43.5 Å². The average molecular weight is 663 g/mol. The summed E-state index contributed by atoms with van der Waals surface area (Å²) in [4.78, 5) is 0. The predicted octanol–water partition coefficient (Wildman–Crippen LogP) is 14.4. The predicted molar refractivity (Wildman–Crippen MR) is 222 cm³/mol. The molecule has 0 spiro atoms. The first-order valence-corrected chi connectivity index (χ1v) is 19.1. The molecule has 1 atom stereocenters. The van der Waals surface area contributed by atoms with E-state index in [4.69, 9.17) is 0 Å². The fourth-order valence-electron chi connectivity index (χ4n) is 9.22. The molecule has 0 radical (unpaired) electrons. The molecule has 1 unspecified atom stereocenters. The van der Waals surface area contributed by atoms with Crippen LogP contribution in [0, 0.1) is 0 Å². The summed E-state index contributed by atoms with van der Waals surface area (Å²) in [5.74, 6) is 0.382. The van der Waals surface area contributed by atoms with Gasteiger partial charge in [-0.3, -0.25) is 0 Å². The summed E-state index contributed by atoms with van der Waals surface area (Å²) >= 11 is 0. The first-order valence-electron chi connectivity index (χ1n) is 19.1. The molecule has 6 aromatic rings. The van der Waals surface area contributed by atoms with Gasteiger partial charge in [-0.05, 0) is 136 Å². The van der Waals surface area contributed by atoms with E-state index in [9.17, 15) is 0 Å². The topological polar surface area (TPSA) is 0 Å². The van der Waals surface area contributed by atoms with Crippen LogP contribution in [-0.2, 0) is 16.2 Å². The minimum atomic E-state index is 0.0638. The monoisotopic (exact) mass is 662 g/mol. The lowest BCUT2D eigenvalue weighted by Crippen LogP contribution is -2.18. The van der Waals surface area contributed by atoms with Gasteiger partial charge >= 0.3 is 0 Å². The maximum atomic E-state index is 2.47. The highest BCUT2D eigenvalue weighted by atomic mass is 14.4. The molecule has 3 aliphatic carbocycles. The van der Waals surface area contributed by atoms with Crippen LogP contribution in [0.3, 0.4) is 0 Å². The Bertz CT molecular complexity index is 2510. The van der Waals surface area contributed by atoms with E-state index < -0.39 is 0 Å². The van der Waals surface area contributed by atoms with E-state index in [-0.39, 0.29) is 16.2 Å². The third kappa shape index (κ3) is 5.17. The molecule has 0 fully saturated rings. The van der Waals surface area contributed by atoms with Gasteiger partial charge in [-0.2, -0.15) is 0 Å². The number of benzene rings is 6. The Balaban J connectivity index is 1.06. The number of rotatable bonds is 3. The summed E-state index contributed by atoms with van der Waals surface area (Å²) < 4.78 is 0. The molecule has 0 bridgehead atoms.